The van der Waals surface area contributed by atoms with E-state index in [1.165, 1.54) is 66.7 Å². The number of hydrogen-bond acceptors (Lipinski definition) is 4. The lowest BCUT2D eigenvalue weighted by Gasteiger charge is -2.06. The van der Waals surface area contributed by atoms with Gasteiger partial charge in [-0.1, -0.05) is 24.3 Å². The molecule has 0 atom stereocenters. The normalized spacial score (nSPS) is 13.9. The molecule has 1 heterocycles. The molecule has 0 saturated heterocycles. The maximum atomic E-state index is 13.7. The first-order chi connectivity index (χ1) is 13.5. The molecule has 1 aliphatic heterocycles. The van der Waals surface area contributed by atoms with Gasteiger partial charge in [0.25, 0.3) is 0 Å². The van der Waals surface area contributed by atoms with Crippen molar-refractivity contribution in [2.75, 3.05) is 0 Å². The van der Waals surface area contributed by atoms with Crippen molar-refractivity contribution in [1.82, 2.24) is 0 Å². The molecule has 3 aromatic carbocycles. The van der Waals surface area contributed by atoms with Gasteiger partial charge in [0, 0.05) is 6.07 Å². The van der Waals surface area contributed by atoms with E-state index >= 15 is 0 Å². The number of halogens is 2. The van der Waals surface area contributed by atoms with E-state index in [9.17, 15) is 18.4 Å². The zero-order chi connectivity index (χ0) is 19.7. The van der Waals surface area contributed by atoms with Gasteiger partial charge in [-0.3, -0.25) is 4.79 Å². The lowest BCUT2D eigenvalue weighted by Crippen LogP contribution is -2.10. The number of carbonyl (C=O) groups excluding carboxylic acids is 2. The Morgan fingerprint density at radius 3 is 2.46 bits per heavy atom. The summed E-state index contributed by atoms with van der Waals surface area (Å²) in [6.07, 6.45) is 1.49. The lowest BCUT2D eigenvalue weighted by molar-refractivity contribution is 0.0729. The summed E-state index contributed by atoms with van der Waals surface area (Å²) in [4.78, 5) is 24.6. The molecule has 4 rings (SSSR count). The van der Waals surface area contributed by atoms with Crippen LogP contribution in [0.25, 0.3) is 6.08 Å². The molecular formula is C22H12F2O4. The number of Topliss-reactive ketones (excluding diaryl/α,β-unsaturated/α-hetero) is 1. The summed E-state index contributed by atoms with van der Waals surface area (Å²) in [5.74, 6) is -1.87. The molecular weight excluding hydrogens is 366 g/mol. The van der Waals surface area contributed by atoms with E-state index in [0.29, 0.717) is 11.1 Å². The van der Waals surface area contributed by atoms with Crippen molar-refractivity contribution in [1.29, 1.82) is 0 Å². The summed E-state index contributed by atoms with van der Waals surface area (Å²) in [7, 11) is 0. The minimum Gasteiger partial charge on any atom is -0.452 e. The molecule has 0 N–H and O–H groups in total. The Bertz CT molecular complexity index is 1120. The fourth-order valence-electron chi connectivity index (χ4n) is 2.73. The van der Waals surface area contributed by atoms with Crippen LogP contribution < -0.4 is 9.47 Å². The highest BCUT2D eigenvalue weighted by molar-refractivity contribution is 6.14. The number of rotatable bonds is 3. The molecule has 1 aliphatic rings. The third-order valence-electron chi connectivity index (χ3n) is 4.11. The minimum atomic E-state index is -0.857. The Kier molecular flexibility index (Phi) is 4.45. The molecule has 28 heavy (non-hydrogen) atoms. The van der Waals surface area contributed by atoms with Gasteiger partial charge in [0.05, 0.1) is 11.1 Å². The zero-order valence-electron chi connectivity index (χ0n) is 14.3. The van der Waals surface area contributed by atoms with Gasteiger partial charge in [0.1, 0.15) is 23.1 Å². The van der Waals surface area contributed by atoms with Crippen molar-refractivity contribution < 1.29 is 27.8 Å². The monoisotopic (exact) mass is 378 g/mol. The fourth-order valence-corrected chi connectivity index (χ4v) is 2.73. The Morgan fingerprint density at radius 1 is 0.964 bits per heavy atom. The number of fused-ring (bicyclic) bond motifs is 1. The summed E-state index contributed by atoms with van der Waals surface area (Å²) >= 11 is 0. The van der Waals surface area contributed by atoms with Crippen LogP contribution in [0.4, 0.5) is 8.78 Å². The maximum Gasteiger partial charge on any atom is 0.346 e. The van der Waals surface area contributed by atoms with Crippen LogP contribution in [0.2, 0.25) is 0 Å². The van der Waals surface area contributed by atoms with Gasteiger partial charge in [-0.15, -0.1) is 0 Å². The van der Waals surface area contributed by atoms with E-state index in [4.69, 9.17) is 9.47 Å². The highest BCUT2D eigenvalue weighted by Crippen LogP contribution is 2.35. The number of hydrogen-bond donors (Lipinski definition) is 0. The number of ether oxygens (including phenoxy) is 2. The van der Waals surface area contributed by atoms with Crippen LogP contribution in [0.1, 0.15) is 26.3 Å². The second-order valence-electron chi connectivity index (χ2n) is 6.02. The van der Waals surface area contributed by atoms with Crippen molar-refractivity contribution in [3.05, 3.63) is 101 Å². The Labute approximate surface area is 158 Å². The maximum absolute atomic E-state index is 13.7. The fraction of sp³-hybridized carbons (Fsp3) is 0. The van der Waals surface area contributed by atoms with E-state index in [2.05, 4.69) is 0 Å². The van der Waals surface area contributed by atoms with Crippen molar-refractivity contribution in [3.63, 3.8) is 0 Å². The lowest BCUT2D eigenvalue weighted by atomic mass is 10.1. The molecule has 0 saturated carbocycles. The van der Waals surface area contributed by atoms with Crippen molar-refractivity contribution in [2.45, 2.75) is 0 Å². The van der Waals surface area contributed by atoms with Crippen LogP contribution in [-0.2, 0) is 0 Å². The molecule has 6 heteroatoms. The van der Waals surface area contributed by atoms with E-state index in [0.717, 1.165) is 6.07 Å². The summed E-state index contributed by atoms with van der Waals surface area (Å²) in [5.41, 5.74) is 0.708. The Balaban J connectivity index is 1.56. The average molecular weight is 378 g/mol. The Morgan fingerprint density at radius 2 is 1.71 bits per heavy atom. The molecule has 4 nitrogen and oxygen atoms in total. The summed E-state index contributed by atoms with van der Waals surface area (Å²) in [6, 6.07) is 15.3. The number of ketones is 1. The van der Waals surface area contributed by atoms with Gasteiger partial charge >= 0.3 is 5.97 Å². The average Bonchev–Trinajstić information content (AvgIpc) is 2.99. The summed E-state index contributed by atoms with van der Waals surface area (Å²) in [5, 5.41) is 0. The molecule has 138 valence electrons. The first-order valence-corrected chi connectivity index (χ1v) is 8.32. The molecule has 3 aromatic rings. The van der Waals surface area contributed by atoms with Crippen molar-refractivity contribution in [2.24, 2.45) is 0 Å². The standard InChI is InChI=1S/C22H12F2O4/c23-14-7-5-13(6-8-14)11-20-21(25)17-10-9-15(12-19(17)28-20)27-22(26)16-3-1-2-4-18(16)24/h1-12H. The Hall–Kier alpha value is -3.80. The molecule has 0 aromatic heterocycles. The summed E-state index contributed by atoms with van der Waals surface area (Å²) in [6.45, 7) is 0. The highest BCUT2D eigenvalue weighted by Gasteiger charge is 2.28. The zero-order valence-corrected chi connectivity index (χ0v) is 14.3. The highest BCUT2D eigenvalue weighted by atomic mass is 19.1. The van der Waals surface area contributed by atoms with Gasteiger partial charge < -0.3 is 9.47 Å². The van der Waals surface area contributed by atoms with Crippen LogP contribution in [-0.4, -0.2) is 11.8 Å². The van der Waals surface area contributed by atoms with E-state index in [-0.39, 0.29) is 34.4 Å². The van der Waals surface area contributed by atoms with Crippen LogP contribution in [0.5, 0.6) is 11.5 Å². The number of allylic oxidation sites excluding steroid dienone is 1. The topological polar surface area (TPSA) is 52.6 Å². The number of esters is 1. The molecule has 0 bridgehead atoms. The predicted molar refractivity (Wildman–Crippen MR) is 97.1 cm³/mol. The van der Waals surface area contributed by atoms with Gasteiger partial charge in [0.15, 0.2) is 5.76 Å². The first-order valence-electron chi connectivity index (χ1n) is 8.32. The van der Waals surface area contributed by atoms with E-state index < -0.39 is 11.8 Å². The third kappa shape index (κ3) is 3.40. The van der Waals surface area contributed by atoms with Crippen LogP contribution in [0, 0.1) is 11.6 Å². The smallest absolute Gasteiger partial charge is 0.346 e. The van der Waals surface area contributed by atoms with Crippen molar-refractivity contribution in [3.8, 4) is 11.5 Å². The van der Waals surface area contributed by atoms with Gasteiger partial charge in [0.2, 0.25) is 5.78 Å². The summed E-state index contributed by atoms with van der Waals surface area (Å²) < 4.78 is 37.4. The quantitative estimate of drug-likeness (QED) is 0.373. The van der Waals surface area contributed by atoms with Crippen LogP contribution in [0.15, 0.2) is 72.5 Å². The molecule has 0 amide bonds. The largest absolute Gasteiger partial charge is 0.452 e. The second-order valence-corrected chi connectivity index (χ2v) is 6.02. The number of benzene rings is 3. The van der Waals surface area contributed by atoms with Crippen molar-refractivity contribution >= 4 is 17.8 Å². The molecule has 0 aliphatic carbocycles. The van der Waals surface area contributed by atoms with Gasteiger partial charge in [-0.2, -0.15) is 0 Å². The molecule has 0 unspecified atom stereocenters. The SMILES string of the molecule is O=C(Oc1ccc2c(c1)OC(=Cc1ccc(F)cc1)C2=O)c1ccccc1F. The minimum absolute atomic E-state index is 0.0687. The number of carbonyl (C=O) groups is 2. The van der Waals surface area contributed by atoms with Crippen LogP contribution >= 0.6 is 0 Å². The first kappa shape index (κ1) is 17.6. The van der Waals surface area contributed by atoms with Gasteiger partial charge in [-0.05, 0) is 48.0 Å². The predicted octanol–water partition coefficient (Wildman–Crippen LogP) is 4.80. The molecule has 0 fully saturated rings. The van der Waals surface area contributed by atoms with E-state index in [1.54, 1.807) is 0 Å². The van der Waals surface area contributed by atoms with Crippen LogP contribution in [0.3, 0.4) is 0 Å². The molecule has 0 radical (unpaired) electrons. The van der Waals surface area contributed by atoms with E-state index in [1.807, 2.05) is 0 Å². The third-order valence-corrected chi connectivity index (χ3v) is 4.11. The second kappa shape index (κ2) is 7.08. The van der Waals surface area contributed by atoms with Gasteiger partial charge in [-0.25, -0.2) is 13.6 Å². The molecule has 0 spiro atoms.